The van der Waals surface area contributed by atoms with E-state index < -0.39 is 0 Å². The fourth-order valence-corrected chi connectivity index (χ4v) is 2.77. The van der Waals surface area contributed by atoms with Gasteiger partial charge in [-0.05, 0) is 34.6 Å². The zero-order chi connectivity index (χ0) is 18.8. The fraction of sp³-hybridized carbons (Fsp3) is 0.348. The average Bonchev–Trinajstić information content (AvgIpc) is 2.52. The molecule has 0 aliphatic carbocycles. The number of ketones is 1. The highest BCUT2D eigenvalue weighted by Gasteiger charge is 2.26. The molecule has 0 aliphatic heterocycles. The standard InChI is InChI=1S/C23H28O2/c1-22(2,3)18-14-16(15-19(21(18)25)23(4,5)6)12-13-20(24)17-10-8-7-9-11-17/h7-15,25H,1-6H3/b13-12+. The van der Waals surface area contributed by atoms with E-state index in [4.69, 9.17) is 0 Å². The van der Waals surface area contributed by atoms with Crippen molar-refractivity contribution in [1.82, 2.24) is 0 Å². The van der Waals surface area contributed by atoms with Crippen LogP contribution >= 0.6 is 0 Å². The van der Waals surface area contributed by atoms with Crippen molar-refractivity contribution in [3.05, 3.63) is 70.8 Å². The summed E-state index contributed by atoms with van der Waals surface area (Å²) >= 11 is 0. The van der Waals surface area contributed by atoms with Crippen LogP contribution in [0.25, 0.3) is 6.08 Å². The van der Waals surface area contributed by atoms with E-state index in [2.05, 4.69) is 41.5 Å². The van der Waals surface area contributed by atoms with Crippen LogP contribution in [0.5, 0.6) is 5.75 Å². The SMILES string of the molecule is CC(C)(C)c1cc(/C=C/C(=O)c2ccccc2)cc(C(C)(C)C)c1O. The first kappa shape index (κ1) is 19.0. The number of carbonyl (C=O) groups is 1. The van der Waals surface area contributed by atoms with Crippen LogP contribution in [0.15, 0.2) is 48.5 Å². The van der Waals surface area contributed by atoms with Crippen LogP contribution in [-0.4, -0.2) is 10.9 Å². The van der Waals surface area contributed by atoms with Crippen LogP contribution in [0.1, 0.15) is 68.6 Å². The molecule has 0 fully saturated rings. The van der Waals surface area contributed by atoms with Gasteiger partial charge in [-0.25, -0.2) is 0 Å². The average molecular weight is 336 g/mol. The summed E-state index contributed by atoms with van der Waals surface area (Å²) in [6, 6.07) is 13.2. The third-order valence-electron chi connectivity index (χ3n) is 4.23. The summed E-state index contributed by atoms with van der Waals surface area (Å²) in [7, 11) is 0. The van der Waals surface area contributed by atoms with Gasteiger partial charge in [0.2, 0.25) is 0 Å². The van der Waals surface area contributed by atoms with E-state index in [-0.39, 0.29) is 16.6 Å². The Hall–Kier alpha value is -2.35. The fourth-order valence-electron chi connectivity index (χ4n) is 2.77. The van der Waals surface area contributed by atoms with E-state index in [9.17, 15) is 9.90 Å². The van der Waals surface area contributed by atoms with Gasteiger partial charge in [0.25, 0.3) is 0 Å². The molecule has 25 heavy (non-hydrogen) atoms. The first-order valence-electron chi connectivity index (χ1n) is 8.65. The third kappa shape index (κ3) is 4.60. The zero-order valence-electron chi connectivity index (χ0n) is 16.1. The van der Waals surface area contributed by atoms with Gasteiger partial charge >= 0.3 is 0 Å². The molecule has 2 aromatic rings. The molecule has 0 radical (unpaired) electrons. The molecule has 0 atom stereocenters. The van der Waals surface area contributed by atoms with Crippen LogP contribution in [0, 0.1) is 0 Å². The largest absolute Gasteiger partial charge is 0.507 e. The quantitative estimate of drug-likeness (QED) is 0.561. The lowest BCUT2D eigenvalue weighted by Crippen LogP contribution is -2.17. The minimum absolute atomic E-state index is 0.0247. The highest BCUT2D eigenvalue weighted by Crippen LogP contribution is 2.40. The molecular weight excluding hydrogens is 308 g/mol. The minimum Gasteiger partial charge on any atom is -0.507 e. The van der Waals surface area contributed by atoms with Crippen molar-refractivity contribution in [3.8, 4) is 5.75 Å². The van der Waals surface area contributed by atoms with Gasteiger partial charge in [0, 0.05) is 16.7 Å². The van der Waals surface area contributed by atoms with E-state index in [1.54, 1.807) is 6.08 Å². The molecule has 1 N–H and O–H groups in total. The topological polar surface area (TPSA) is 37.3 Å². The first-order chi connectivity index (χ1) is 11.5. The molecule has 0 saturated carbocycles. The highest BCUT2D eigenvalue weighted by molar-refractivity contribution is 6.06. The molecule has 2 rings (SSSR count). The Balaban J connectivity index is 2.48. The van der Waals surface area contributed by atoms with E-state index >= 15 is 0 Å². The molecule has 0 bridgehead atoms. The van der Waals surface area contributed by atoms with Crippen molar-refractivity contribution in [1.29, 1.82) is 0 Å². The minimum atomic E-state index is -0.183. The smallest absolute Gasteiger partial charge is 0.185 e. The normalized spacial score (nSPS) is 12.6. The summed E-state index contributed by atoms with van der Waals surface area (Å²) in [5.74, 6) is 0.329. The number of benzene rings is 2. The number of phenols is 1. The van der Waals surface area contributed by atoms with Crippen LogP contribution in [0.3, 0.4) is 0 Å². The second-order valence-corrected chi connectivity index (χ2v) is 8.53. The van der Waals surface area contributed by atoms with Crippen molar-refractivity contribution >= 4 is 11.9 Å². The first-order valence-corrected chi connectivity index (χ1v) is 8.65. The van der Waals surface area contributed by atoms with Crippen molar-refractivity contribution in [3.63, 3.8) is 0 Å². The number of carbonyl (C=O) groups excluding carboxylic acids is 1. The second kappa shape index (κ2) is 6.87. The Bertz CT molecular complexity index is 750. The molecule has 132 valence electrons. The lowest BCUT2D eigenvalue weighted by atomic mass is 9.78. The van der Waals surface area contributed by atoms with E-state index in [1.807, 2.05) is 48.5 Å². The molecule has 0 aromatic heterocycles. The van der Waals surface area contributed by atoms with Crippen LogP contribution in [-0.2, 0) is 10.8 Å². The lowest BCUT2D eigenvalue weighted by Gasteiger charge is -2.27. The summed E-state index contributed by atoms with van der Waals surface area (Å²) in [4.78, 5) is 12.3. The third-order valence-corrected chi connectivity index (χ3v) is 4.23. The molecule has 2 nitrogen and oxygen atoms in total. The van der Waals surface area contributed by atoms with Crippen molar-refractivity contribution < 1.29 is 9.90 Å². The summed E-state index contributed by atoms with van der Waals surface area (Å²) < 4.78 is 0. The molecule has 0 unspecified atom stereocenters. The van der Waals surface area contributed by atoms with Gasteiger partial charge in [-0.15, -0.1) is 0 Å². The number of rotatable bonds is 3. The van der Waals surface area contributed by atoms with Crippen molar-refractivity contribution in [2.75, 3.05) is 0 Å². The number of hydrogen-bond acceptors (Lipinski definition) is 2. The predicted octanol–water partition coefficient (Wildman–Crippen LogP) is 5.88. The van der Waals surface area contributed by atoms with Crippen LogP contribution in [0.4, 0.5) is 0 Å². The van der Waals surface area contributed by atoms with Crippen LogP contribution < -0.4 is 0 Å². The molecule has 2 aromatic carbocycles. The van der Waals surface area contributed by atoms with Gasteiger partial charge in [-0.3, -0.25) is 4.79 Å². The molecule has 0 aliphatic rings. The molecule has 0 heterocycles. The van der Waals surface area contributed by atoms with E-state index in [0.717, 1.165) is 16.7 Å². The Morgan fingerprint density at radius 3 is 1.80 bits per heavy atom. The Morgan fingerprint density at radius 2 is 1.36 bits per heavy atom. The lowest BCUT2D eigenvalue weighted by molar-refractivity contribution is 0.104. The van der Waals surface area contributed by atoms with Gasteiger partial charge in [0.15, 0.2) is 5.78 Å². The predicted molar refractivity (Wildman–Crippen MR) is 105 cm³/mol. The van der Waals surface area contributed by atoms with Gasteiger partial charge < -0.3 is 5.11 Å². The maximum Gasteiger partial charge on any atom is 0.185 e. The van der Waals surface area contributed by atoms with Crippen molar-refractivity contribution in [2.45, 2.75) is 52.4 Å². The molecule has 0 spiro atoms. The van der Waals surface area contributed by atoms with Crippen LogP contribution in [0.2, 0.25) is 0 Å². The molecule has 2 heteroatoms. The summed E-state index contributed by atoms with van der Waals surface area (Å²) in [6.07, 6.45) is 3.43. The molecule has 0 amide bonds. The summed E-state index contributed by atoms with van der Waals surface area (Å²) in [5, 5.41) is 10.7. The van der Waals surface area contributed by atoms with Gasteiger partial charge in [-0.2, -0.15) is 0 Å². The monoisotopic (exact) mass is 336 g/mol. The van der Waals surface area contributed by atoms with Gasteiger partial charge in [0.05, 0.1) is 0 Å². The summed E-state index contributed by atoms with van der Waals surface area (Å²) in [6.45, 7) is 12.5. The number of hydrogen-bond donors (Lipinski definition) is 1. The molecular formula is C23H28O2. The second-order valence-electron chi connectivity index (χ2n) is 8.53. The Morgan fingerprint density at radius 1 is 0.880 bits per heavy atom. The number of aromatic hydroxyl groups is 1. The van der Waals surface area contributed by atoms with Gasteiger partial charge in [-0.1, -0.05) is 78.0 Å². The Kier molecular flexibility index (Phi) is 5.22. The number of allylic oxidation sites excluding steroid dienone is 1. The maximum atomic E-state index is 12.3. The Labute approximate surface area is 151 Å². The van der Waals surface area contributed by atoms with Crippen molar-refractivity contribution in [2.24, 2.45) is 0 Å². The highest BCUT2D eigenvalue weighted by atomic mass is 16.3. The zero-order valence-corrected chi connectivity index (χ0v) is 16.1. The summed E-state index contributed by atoms with van der Waals surface area (Å²) in [5.41, 5.74) is 3.02. The van der Waals surface area contributed by atoms with E-state index in [0.29, 0.717) is 11.3 Å². The molecule has 0 saturated heterocycles. The number of phenolic OH excluding ortho intramolecular Hbond substituents is 1. The van der Waals surface area contributed by atoms with Gasteiger partial charge in [0.1, 0.15) is 5.75 Å². The maximum absolute atomic E-state index is 12.3. The van der Waals surface area contributed by atoms with E-state index in [1.165, 1.54) is 0 Å².